The molecule has 2 rings (SSSR count). The molecule has 128 valence electrons. The van der Waals surface area contributed by atoms with Crippen LogP contribution >= 0.6 is 12.2 Å². The van der Waals surface area contributed by atoms with Crippen molar-refractivity contribution in [2.75, 3.05) is 6.26 Å². The third-order valence-electron chi connectivity index (χ3n) is 4.58. The third kappa shape index (κ3) is 5.18. The van der Waals surface area contributed by atoms with Crippen LogP contribution in [0.1, 0.15) is 51.1 Å². The summed E-state index contributed by atoms with van der Waals surface area (Å²) in [5.41, 5.74) is 1.01. The molecule has 1 aromatic rings. The molecule has 2 N–H and O–H groups in total. The van der Waals surface area contributed by atoms with Gasteiger partial charge in [-0.2, -0.15) is 0 Å². The van der Waals surface area contributed by atoms with Gasteiger partial charge in [0.2, 0.25) is 0 Å². The highest BCUT2D eigenvalue weighted by Gasteiger charge is 2.22. The van der Waals surface area contributed by atoms with E-state index < -0.39 is 9.84 Å². The molecular weight excluding hydrogens is 328 g/mol. The summed E-state index contributed by atoms with van der Waals surface area (Å²) in [5.74, 6) is 0.646. The second-order valence-electron chi connectivity index (χ2n) is 6.55. The Bertz CT molecular complexity index is 641. The third-order valence-corrected chi connectivity index (χ3v) is 5.95. The van der Waals surface area contributed by atoms with E-state index in [1.165, 1.54) is 31.9 Å². The molecule has 1 aliphatic carbocycles. The predicted octanol–water partition coefficient (Wildman–Crippen LogP) is 3.19. The van der Waals surface area contributed by atoms with Crippen LogP contribution in [0.3, 0.4) is 0 Å². The fraction of sp³-hybridized carbons (Fsp3) is 0.588. The number of hydrogen-bond donors (Lipinski definition) is 2. The van der Waals surface area contributed by atoms with Gasteiger partial charge in [0.15, 0.2) is 14.9 Å². The SMILES string of the molecule is C[C@H](NC(=S)N[C@@H]1CCCC[C@H]1C)c1ccc(S(C)(=O)=O)cc1. The largest absolute Gasteiger partial charge is 0.360 e. The fourth-order valence-electron chi connectivity index (χ4n) is 3.02. The summed E-state index contributed by atoms with van der Waals surface area (Å²) in [4.78, 5) is 0.338. The Morgan fingerprint density at radius 2 is 1.83 bits per heavy atom. The zero-order valence-corrected chi connectivity index (χ0v) is 15.6. The Morgan fingerprint density at radius 3 is 2.39 bits per heavy atom. The van der Waals surface area contributed by atoms with Crippen molar-refractivity contribution in [3.05, 3.63) is 29.8 Å². The minimum absolute atomic E-state index is 0.0301. The van der Waals surface area contributed by atoms with Crippen molar-refractivity contribution >= 4 is 27.2 Å². The highest BCUT2D eigenvalue weighted by atomic mass is 32.2. The monoisotopic (exact) mass is 354 g/mol. The fourth-order valence-corrected chi connectivity index (χ4v) is 3.98. The van der Waals surface area contributed by atoms with Gasteiger partial charge >= 0.3 is 0 Å². The normalized spacial score (nSPS) is 23.1. The summed E-state index contributed by atoms with van der Waals surface area (Å²) < 4.78 is 23.0. The average Bonchev–Trinajstić information content (AvgIpc) is 2.49. The molecule has 6 heteroatoms. The van der Waals surface area contributed by atoms with E-state index in [1.807, 2.05) is 19.1 Å². The average molecular weight is 355 g/mol. The minimum Gasteiger partial charge on any atom is -0.360 e. The maximum Gasteiger partial charge on any atom is 0.175 e. The lowest BCUT2D eigenvalue weighted by molar-refractivity contribution is 0.307. The summed E-state index contributed by atoms with van der Waals surface area (Å²) in [6.07, 6.45) is 6.20. The summed E-state index contributed by atoms with van der Waals surface area (Å²) in [5, 5.41) is 7.39. The van der Waals surface area contributed by atoms with Gasteiger partial charge in [0.25, 0.3) is 0 Å². The first-order valence-corrected chi connectivity index (χ1v) is 10.4. The van der Waals surface area contributed by atoms with Gasteiger partial charge in [-0.3, -0.25) is 0 Å². The minimum atomic E-state index is -3.15. The molecule has 0 aromatic heterocycles. The summed E-state index contributed by atoms with van der Waals surface area (Å²) in [6.45, 7) is 4.29. The molecule has 1 fully saturated rings. The van der Waals surface area contributed by atoms with Crippen LogP contribution in [0.4, 0.5) is 0 Å². The molecule has 0 bridgehead atoms. The van der Waals surface area contributed by atoms with E-state index in [2.05, 4.69) is 17.6 Å². The molecule has 3 atom stereocenters. The van der Waals surface area contributed by atoms with Crippen molar-refractivity contribution in [1.29, 1.82) is 0 Å². The standard InChI is InChI=1S/C17H26N2O2S2/c1-12-6-4-5-7-16(12)19-17(22)18-13(2)14-8-10-15(11-9-14)23(3,20)21/h8-13,16H,4-7H2,1-3H3,(H2,18,19,22)/t12-,13+,16-/m1/s1. The molecule has 1 aliphatic rings. The van der Waals surface area contributed by atoms with Gasteiger partial charge in [-0.1, -0.05) is 31.9 Å². The molecule has 0 aliphatic heterocycles. The summed E-state index contributed by atoms with van der Waals surface area (Å²) in [7, 11) is -3.15. The first-order chi connectivity index (χ1) is 10.8. The van der Waals surface area contributed by atoms with Crippen LogP contribution in [0.2, 0.25) is 0 Å². The van der Waals surface area contributed by atoms with Crippen molar-refractivity contribution in [3.8, 4) is 0 Å². The van der Waals surface area contributed by atoms with E-state index in [0.717, 1.165) is 5.56 Å². The zero-order valence-electron chi connectivity index (χ0n) is 14.0. The number of rotatable bonds is 4. The summed E-state index contributed by atoms with van der Waals surface area (Å²) >= 11 is 5.43. The highest BCUT2D eigenvalue weighted by molar-refractivity contribution is 7.90. The number of thiocarbonyl (C=S) groups is 1. The van der Waals surface area contributed by atoms with Gasteiger partial charge in [-0.15, -0.1) is 0 Å². The van der Waals surface area contributed by atoms with Crippen LogP contribution in [-0.2, 0) is 9.84 Å². The maximum atomic E-state index is 11.5. The molecule has 0 radical (unpaired) electrons. The quantitative estimate of drug-likeness (QED) is 0.813. The van der Waals surface area contributed by atoms with E-state index in [-0.39, 0.29) is 6.04 Å². The highest BCUT2D eigenvalue weighted by Crippen LogP contribution is 2.24. The second kappa shape index (κ2) is 7.62. The Balaban J connectivity index is 1.93. The van der Waals surface area contributed by atoms with Gasteiger partial charge < -0.3 is 10.6 Å². The van der Waals surface area contributed by atoms with E-state index in [0.29, 0.717) is 22.0 Å². The predicted molar refractivity (Wildman–Crippen MR) is 98.3 cm³/mol. The molecule has 0 amide bonds. The van der Waals surface area contributed by atoms with Crippen molar-refractivity contribution in [2.24, 2.45) is 5.92 Å². The molecule has 4 nitrogen and oxygen atoms in total. The van der Waals surface area contributed by atoms with Crippen molar-refractivity contribution in [1.82, 2.24) is 10.6 Å². The van der Waals surface area contributed by atoms with Crippen molar-refractivity contribution < 1.29 is 8.42 Å². The Hall–Kier alpha value is -1.14. The molecule has 0 unspecified atom stereocenters. The van der Waals surface area contributed by atoms with E-state index in [1.54, 1.807) is 12.1 Å². The van der Waals surface area contributed by atoms with Crippen LogP contribution in [0.15, 0.2) is 29.2 Å². The molecule has 0 saturated heterocycles. The van der Waals surface area contributed by atoms with Gasteiger partial charge in [-0.05, 0) is 55.6 Å². The van der Waals surface area contributed by atoms with Crippen LogP contribution in [0.5, 0.6) is 0 Å². The van der Waals surface area contributed by atoms with Crippen LogP contribution in [-0.4, -0.2) is 25.8 Å². The summed E-state index contributed by atoms with van der Waals surface area (Å²) in [6, 6.07) is 7.43. The number of sulfone groups is 1. The van der Waals surface area contributed by atoms with Crippen LogP contribution in [0.25, 0.3) is 0 Å². The molecular formula is C17H26N2O2S2. The van der Waals surface area contributed by atoms with Gasteiger partial charge in [0.05, 0.1) is 10.9 Å². The molecule has 23 heavy (non-hydrogen) atoms. The van der Waals surface area contributed by atoms with E-state index in [4.69, 9.17) is 12.2 Å². The van der Waals surface area contributed by atoms with Crippen molar-refractivity contribution in [2.45, 2.75) is 56.5 Å². The molecule has 0 heterocycles. The Kier molecular flexibility index (Phi) is 6.03. The second-order valence-corrected chi connectivity index (χ2v) is 8.97. The lowest BCUT2D eigenvalue weighted by atomic mass is 9.86. The maximum absolute atomic E-state index is 11.5. The van der Waals surface area contributed by atoms with Gasteiger partial charge in [0, 0.05) is 12.3 Å². The van der Waals surface area contributed by atoms with E-state index in [9.17, 15) is 8.42 Å². The topological polar surface area (TPSA) is 58.2 Å². The first-order valence-electron chi connectivity index (χ1n) is 8.14. The lowest BCUT2D eigenvalue weighted by Gasteiger charge is -2.31. The van der Waals surface area contributed by atoms with Crippen molar-refractivity contribution in [3.63, 3.8) is 0 Å². The van der Waals surface area contributed by atoms with Gasteiger partial charge in [-0.25, -0.2) is 8.42 Å². The first kappa shape index (κ1) is 18.2. The molecule has 1 saturated carbocycles. The van der Waals surface area contributed by atoms with Gasteiger partial charge in [0.1, 0.15) is 0 Å². The number of hydrogen-bond acceptors (Lipinski definition) is 3. The number of nitrogens with one attached hydrogen (secondary N) is 2. The van der Waals surface area contributed by atoms with E-state index >= 15 is 0 Å². The zero-order chi connectivity index (χ0) is 17.0. The Labute approximate surface area is 145 Å². The molecule has 1 aromatic carbocycles. The lowest BCUT2D eigenvalue weighted by Crippen LogP contribution is -2.46. The van der Waals surface area contributed by atoms with Crippen LogP contribution < -0.4 is 10.6 Å². The smallest absolute Gasteiger partial charge is 0.175 e. The Morgan fingerprint density at radius 1 is 1.22 bits per heavy atom. The number of benzene rings is 1. The van der Waals surface area contributed by atoms with Crippen LogP contribution in [0, 0.1) is 5.92 Å². The molecule has 0 spiro atoms.